The first-order valence-corrected chi connectivity index (χ1v) is 22.4. The normalized spacial score (nSPS) is 13.0. The predicted molar refractivity (Wildman–Crippen MR) is 274 cm³/mol. The van der Waals surface area contributed by atoms with Gasteiger partial charge in [-0.15, -0.1) is 0 Å². The van der Waals surface area contributed by atoms with E-state index >= 15 is 0 Å². The van der Waals surface area contributed by atoms with Crippen molar-refractivity contribution in [2.45, 2.75) is 26.2 Å². The summed E-state index contributed by atoms with van der Waals surface area (Å²) in [5.41, 5.74) is 15.0. The van der Waals surface area contributed by atoms with Crippen LogP contribution in [0, 0.1) is 0 Å². The second-order valence-corrected chi connectivity index (χ2v) is 17.9. The number of aromatic nitrogens is 2. The van der Waals surface area contributed by atoms with Crippen molar-refractivity contribution in [3.8, 4) is 28.1 Å². The van der Waals surface area contributed by atoms with Gasteiger partial charge in [0.1, 0.15) is 28.6 Å². The molecule has 3 heterocycles. The maximum Gasteiger partial charge on any atom is 0.150 e. The Morgan fingerprint density at radius 3 is 1.77 bits per heavy atom. The molecule has 11 rings (SSSR count). The molecule has 65 heavy (non-hydrogen) atoms. The lowest BCUT2D eigenvalue weighted by molar-refractivity contribution is 0.588. The van der Waals surface area contributed by atoms with E-state index < -0.39 is 0 Å². The van der Waals surface area contributed by atoms with Gasteiger partial charge >= 0.3 is 0 Å². The maximum absolute atomic E-state index is 5.09. The first-order chi connectivity index (χ1) is 31.9. The van der Waals surface area contributed by atoms with Gasteiger partial charge in [-0.05, 0) is 70.1 Å². The molecule has 10 aromatic rings. The number of nitrogens with zero attached hydrogens (tertiary/aromatic N) is 5. The summed E-state index contributed by atoms with van der Waals surface area (Å²) in [6.07, 6.45) is 6.36. The van der Waals surface area contributed by atoms with Crippen molar-refractivity contribution in [3.63, 3.8) is 0 Å². The van der Waals surface area contributed by atoms with Gasteiger partial charge in [0, 0.05) is 89.2 Å². The molecule has 0 saturated heterocycles. The molecule has 0 radical (unpaired) electrons. The van der Waals surface area contributed by atoms with E-state index in [1.165, 1.54) is 44.3 Å². The number of benzene rings is 8. The molecule has 314 valence electrons. The molecule has 0 spiro atoms. The summed E-state index contributed by atoms with van der Waals surface area (Å²) in [6, 6.07) is 79.3. The van der Waals surface area contributed by atoms with Crippen molar-refractivity contribution >= 4 is 55.9 Å². The Kier molecular flexibility index (Phi) is 9.98. The molecule has 0 aliphatic carbocycles. The Morgan fingerprint density at radius 1 is 0.446 bits per heavy atom. The van der Waals surface area contributed by atoms with Gasteiger partial charge < -0.3 is 9.80 Å². The molecule has 0 unspecified atom stereocenters. The van der Waals surface area contributed by atoms with Crippen LogP contribution in [0.15, 0.2) is 237 Å². The van der Waals surface area contributed by atoms with Gasteiger partial charge in [-0.3, -0.25) is 4.57 Å². The molecule has 0 atom stereocenters. The zero-order valence-corrected chi connectivity index (χ0v) is 37.0. The third kappa shape index (κ3) is 7.07. The minimum Gasteiger partial charge on any atom is -0.328 e. The lowest BCUT2D eigenvalue weighted by atomic mass is 9.88. The highest BCUT2D eigenvalue weighted by atomic mass is 15.4. The summed E-state index contributed by atoms with van der Waals surface area (Å²) in [6.45, 7) is 7.48. The quantitative estimate of drug-likeness (QED) is 0.135. The summed E-state index contributed by atoms with van der Waals surface area (Å²) < 4.78 is 2.73. The smallest absolute Gasteiger partial charge is 0.150 e. The molecular formula is C60H50N5+. The van der Waals surface area contributed by atoms with Crippen LogP contribution in [0.5, 0.6) is 0 Å². The molecule has 0 saturated carbocycles. The van der Waals surface area contributed by atoms with Crippen LogP contribution in [0.1, 0.15) is 26.3 Å². The summed E-state index contributed by atoms with van der Waals surface area (Å²) in [7, 11) is 0. The zero-order valence-electron chi connectivity index (χ0n) is 37.0. The van der Waals surface area contributed by atoms with Crippen LogP contribution in [0.25, 0.3) is 49.9 Å². The Bertz CT molecular complexity index is 3290. The third-order valence-corrected chi connectivity index (χ3v) is 13.0. The van der Waals surface area contributed by atoms with Gasteiger partial charge in [0.2, 0.25) is 0 Å². The zero-order chi connectivity index (χ0) is 44.0. The van der Waals surface area contributed by atoms with Gasteiger partial charge in [-0.1, -0.05) is 148 Å². The van der Waals surface area contributed by atoms with Crippen LogP contribution in [-0.4, -0.2) is 16.2 Å². The fourth-order valence-electron chi connectivity index (χ4n) is 9.69. The molecule has 0 N–H and O–H groups in total. The minimum absolute atomic E-state index is 0.0490. The van der Waals surface area contributed by atoms with Crippen LogP contribution in [0.2, 0.25) is 0 Å². The van der Waals surface area contributed by atoms with Crippen LogP contribution < -0.4 is 14.3 Å². The second-order valence-electron chi connectivity index (χ2n) is 17.9. The van der Waals surface area contributed by atoms with E-state index in [1.54, 1.807) is 0 Å². The topological polar surface area (TPSA) is 24.3 Å². The number of rotatable bonds is 9. The largest absolute Gasteiger partial charge is 0.328 e. The van der Waals surface area contributed by atoms with Gasteiger partial charge in [-0.2, -0.15) is 4.48 Å². The lowest BCUT2D eigenvalue weighted by Gasteiger charge is -2.37. The van der Waals surface area contributed by atoms with E-state index in [2.05, 4.69) is 266 Å². The number of pyridine rings is 1. The molecule has 1 aliphatic heterocycles. The highest BCUT2D eigenvalue weighted by Gasteiger charge is 2.40. The van der Waals surface area contributed by atoms with Gasteiger partial charge in [0.05, 0.1) is 23.4 Å². The fraction of sp³-hybridized carbons (Fsp3) is 0.0833. The van der Waals surface area contributed by atoms with Crippen molar-refractivity contribution in [2.75, 3.05) is 16.5 Å². The summed E-state index contributed by atoms with van der Waals surface area (Å²) in [5.74, 6) is 0.903. The molecule has 0 amide bonds. The first kappa shape index (κ1) is 39.8. The van der Waals surface area contributed by atoms with Crippen molar-refractivity contribution in [1.29, 1.82) is 0 Å². The third-order valence-electron chi connectivity index (χ3n) is 13.0. The SMILES string of the molecule is CC(C)(C)c1ccnc(-n2c3ccc(-c4ccccc4)cc3c3ccc([N+](c4ccccc4)(c4ccccc4)c4cccc(N5C=CN(c6ccccc6-c6ccccc6)C5)c4)cc32)c1. The highest BCUT2D eigenvalue weighted by Crippen LogP contribution is 2.53. The average molecular weight is 841 g/mol. The minimum atomic E-state index is -0.0490. The summed E-state index contributed by atoms with van der Waals surface area (Å²) in [5, 5.41) is 2.37. The van der Waals surface area contributed by atoms with E-state index in [4.69, 9.17) is 4.98 Å². The van der Waals surface area contributed by atoms with Gasteiger partial charge in [0.15, 0.2) is 0 Å². The van der Waals surface area contributed by atoms with E-state index in [1.807, 2.05) is 6.20 Å². The number of para-hydroxylation sites is 3. The van der Waals surface area contributed by atoms with Crippen molar-refractivity contribution in [1.82, 2.24) is 14.0 Å². The van der Waals surface area contributed by atoms with Crippen LogP contribution in [0.3, 0.4) is 0 Å². The molecule has 2 aromatic heterocycles. The van der Waals surface area contributed by atoms with E-state index in [-0.39, 0.29) is 5.41 Å². The second kappa shape index (κ2) is 16.3. The van der Waals surface area contributed by atoms with Crippen LogP contribution in [0.4, 0.5) is 34.1 Å². The number of anilines is 2. The molecular weight excluding hydrogens is 791 g/mol. The lowest BCUT2D eigenvalue weighted by Crippen LogP contribution is -2.33. The van der Waals surface area contributed by atoms with E-state index in [0.717, 1.165) is 45.3 Å². The monoisotopic (exact) mass is 840 g/mol. The van der Waals surface area contributed by atoms with Gasteiger partial charge in [0.25, 0.3) is 0 Å². The van der Waals surface area contributed by atoms with Crippen LogP contribution >= 0.6 is 0 Å². The standard InChI is InChI=1S/C60H50N5/c1-60(2,3)47-35-36-61-59(40-47)64-57-34-31-46(44-19-8-4-9-20-44)39-55(57)54-33-32-52(42-58(54)64)65(49-24-12-6-13-25-49,50-26-14-7-15-27-50)51-28-18-23-48(41-51)62-37-38-63(43-62)56-30-17-16-29-53(56)45-21-10-5-11-22-45/h4-42H,43H2,1-3H3/q+1. The molecule has 0 bridgehead atoms. The number of hydrogen-bond donors (Lipinski definition) is 0. The highest BCUT2D eigenvalue weighted by molar-refractivity contribution is 6.11. The Hall–Kier alpha value is -7.99. The Morgan fingerprint density at radius 2 is 1.06 bits per heavy atom. The summed E-state index contributed by atoms with van der Waals surface area (Å²) >= 11 is 0. The molecule has 1 aliphatic rings. The number of quaternary nitrogens is 1. The van der Waals surface area contributed by atoms with Crippen molar-refractivity contribution < 1.29 is 0 Å². The predicted octanol–water partition coefficient (Wildman–Crippen LogP) is 15.9. The molecule has 8 aromatic carbocycles. The fourth-order valence-corrected chi connectivity index (χ4v) is 9.69. The van der Waals surface area contributed by atoms with Crippen molar-refractivity contribution in [3.05, 3.63) is 243 Å². The summed E-state index contributed by atoms with van der Waals surface area (Å²) in [4.78, 5) is 9.77. The Labute approximate surface area is 381 Å². The molecule has 0 fully saturated rings. The van der Waals surface area contributed by atoms with Crippen molar-refractivity contribution in [2.24, 2.45) is 0 Å². The molecule has 5 heteroatoms. The average Bonchev–Trinajstić information content (AvgIpc) is 3.99. The van der Waals surface area contributed by atoms with Gasteiger partial charge in [-0.25, -0.2) is 4.98 Å². The number of fused-ring (bicyclic) bond motifs is 3. The number of hydrogen-bond acceptors (Lipinski definition) is 3. The van der Waals surface area contributed by atoms with Crippen LogP contribution in [-0.2, 0) is 5.41 Å². The first-order valence-electron chi connectivity index (χ1n) is 22.4. The Balaban J connectivity index is 1.11. The molecule has 5 nitrogen and oxygen atoms in total. The van der Waals surface area contributed by atoms with E-state index in [9.17, 15) is 0 Å². The maximum atomic E-state index is 5.09. The van der Waals surface area contributed by atoms with E-state index in [0.29, 0.717) is 11.2 Å².